The number of anilines is 2. The molecule has 1 aromatic carbocycles. The van der Waals surface area contributed by atoms with E-state index in [1.54, 1.807) is 43.6 Å². The average molecular weight is 552 g/mol. The van der Waals surface area contributed by atoms with Crippen LogP contribution < -0.4 is 14.4 Å². The van der Waals surface area contributed by atoms with E-state index in [9.17, 15) is 0 Å². The van der Waals surface area contributed by atoms with Crippen LogP contribution in [0.2, 0.25) is 5.02 Å². The van der Waals surface area contributed by atoms with Crippen molar-refractivity contribution in [2.45, 2.75) is 6.54 Å². The van der Waals surface area contributed by atoms with Crippen LogP contribution in [0.25, 0.3) is 22.4 Å². The molecule has 0 fully saturated rings. The molecule has 13 heteroatoms. The lowest BCUT2D eigenvalue weighted by Gasteiger charge is -2.26. The third-order valence-electron chi connectivity index (χ3n) is 5.64. The molecule has 0 spiro atoms. The highest BCUT2D eigenvalue weighted by Gasteiger charge is 2.22. The van der Waals surface area contributed by atoms with Crippen LogP contribution in [0.1, 0.15) is 5.82 Å². The highest BCUT2D eigenvalue weighted by molar-refractivity contribution is 7.95. The lowest BCUT2D eigenvalue weighted by Crippen LogP contribution is -2.21. The number of pyridine rings is 1. The first kappa shape index (κ1) is 25.8. The van der Waals surface area contributed by atoms with Gasteiger partial charge in [0.25, 0.3) is 0 Å². The number of hydrogen-bond donors (Lipinski definition) is 0. The van der Waals surface area contributed by atoms with Gasteiger partial charge in [0.1, 0.15) is 33.7 Å². The quantitative estimate of drug-likeness (QED) is 0.241. The fourth-order valence-corrected chi connectivity index (χ4v) is 4.81. The molecular weight excluding hydrogens is 526 g/mol. The van der Waals surface area contributed by atoms with Crippen molar-refractivity contribution in [1.29, 1.82) is 0 Å². The summed E-state index contributed by atoms with van der Waals surface area (Å²) in [5.41, 5.74) is 3.34. The average Bonchev–Trinajstić information content (AvgIpc) is 3.55. The van der Waals surface area contributed by atoms with E-state index in [4.69, 9.17) is 31.0 Å². The number of halogens is 1. The van der Waals surface area contributed by atoms with E-state index < -0.39 is 0 Å². The zero-order valence-corrected chi connectivity index (χ0v) is 23.1. The summed E-state index contributed by atoms with van der Waals surface area (Å²) >= 11 is 8.36. The van der Waals surface area contributed by atoms with Gasteiger partial charge in [-0.1, -0.05) is 11.6 Å². The molecule has 0 aliphatic rings. The minimum absolute atomic E-state index is 0.359. The molecule has 5 aromatic rings. The number of rotatable bonds is 9. The van der Waals surface area contributed by atoms with Crippen LogP contribution in [0, 0.1) is 0 Å². The van der Waals surface area contributed by atoms with E-state index in [1.807, 2.05) is 64.9 Å². The summed E-state index contributed by atoms with van der Waals surface area (Å²) in [6.07, 6.45) is 9.02. The fraction of sp³-hybridized carbons (Fsp3) is 0.240. The standard InChI is InChI=1S/C25H26ClN9O2S/c1-32(2)38-35-9-8-27-23(35)15-34(20-10-17(36-4)11-21(37-5)24(20)26)22-7-6-18-25(31-22)30-19(13-28-18)16-12-29-33(3)14-16/h6-14H,15H2,1-5H3. The second-order valence-corrected chi connectivity index (χ2v) is 10.1. The molecule has 0 N–H and O–H groups in total. The number of hydrogen-bond acceptors (Lipinski definition) is 10. The Labute approximate surface area is 229 Å². The summed E-state index contributed by atoms with van der Waals surface area (Å²) in [4.78, 5) is 20.8. The Hall–Kier alpha value is -3.87. The van der Waals surface area contributed by atoms with Crippen molar-refractivity contribution >= 4 is 46.4 Å². The van der Waals surface area contributed by atoms with Gasteiger partial charge in [0.15, 0.2) is 5.65 Å². The molecular formula is C25H26ClN9O2S. The normalized spacial score (nSPS) is 11.3. The molecule has 11 nitrogen and oxygen atoms in total. The van der Waals surface area contributed by atoms with Crippen molar-refractivity contribution in [2.24, 2.45) is 7.05 Å². The molecule has 0 aliphatic heterocycles. The molecule has 0 bridgehead atoms. The van der Waals surface area contributed by atoms with E-state index in [2.05, 4.69) is 15.1 Å². The van der Waals surface area contributed by atoms with E-state index in [0.717, 1.165) is 11.4 Å². The zero-order valence-electron chi connectivity index (χ0n) is 21.5. The number of nitrogens with zero attached hydrogens (tertiary/aromatic N) is 9. The molecule has 38 heavy (non-hydrogen) atoms. The summed E-state index contributed by atoms with van der Waals surface area (Å²) < 4.78 is 16.8. The van der Waals surface area contributed by atoms with Crippen molar-refractivity contribution < 1.29 is 9.47 Å². The highest BCUT2D eigenvalue weighted by Crippen LogP contribution is 2.42. The number of methoxy groups -OCH3 is 2. The van der Waals surface area contributed by atoms with Crippen LogP contribution in [0.4, 0.5) is 11.5 Å². The van der Waals surface area contributed by atoms with Gasteiger partial charge in [0, 0.05) is 55.5 Å². The van der Waals surface area contributed by atoms with Gasteiger partial charge in [-0.15, -0.1) is 0 Å². The molecule has 0 aliphatic carbocycles. The van der Waals surface area contributed by atoms with Crippen molar-refractivity contribution in [3.63, 3.8) is 0 Å². The zero-order chi connectivity index (χ0) is 26.8. The van der Waals surface area contributed by atoms with Gasteiger partial charge in [0.05, 0.1) is 44.5 Å². The van der Waals surface area contributed by atoms with Crippen LogP contribution >= 0.6 is 23.7 Å². The first-order valence-corrected chi connectivity index (χ1v) is 12.7. The molecule has 196 valence electrons. The molecule has 0 atom stereocenters. The van der Waals surface area contributed by atoms with Gasteiger partial charge in [-0.25, -0.2) is 19.3 Å². The van der Waals surface area contributed by atoms with Gasteiger partial charge in [-0.05, 0) is 26.2 Å². The van der Waals surface area contributed by atoms with E-state index in [-0.39, 0.29) is 0 Å². The van der Waals surface area contributed by atoms with Crippen molar-refractivity contribution in [1.82, 2.24) is 38.0 Å². The maximum absolute atomic E-state index is 6.84. The Morgan fingerprint density at radius 3 is 2.61 bits per heavy atom. The number of aromatic nitrogens is 7. The maximum Gasteiger partial charge on any atom is 0.180 e. The summed E-state index contributed by atoms with van der Waals surface area (Å²) in [6.45, 7) is 0.359. The second kappa shape index (κ2) is 10.9. The molecule has 0 saturated heterocycles. The largest absolute Gasteiger partial charge is 0.497 e. The van der Waals surface area contributed by atoms with E-state index in [0.29, 0.717) is 51.4 Å². The van der Waals surface area contributed by atoms with Gasteiger partial charge in [-0.2, -0.15) is 5.10 Å². The molecule has 0 unspecified atom stereocenters. The Morgan fingerprint density at radius 1 is 1.05 bits per heavy atom. The second-order valence-electron chi connectivity index (χ2n) is 8.48. The minimum atomic E-state index is 0.359. The Kier molecular flexibility index (Phi) is 7.36. The number of fused-ring (bicyclic) bond motifs is 1. The Morgan fingerprint density at radius 2 is 1.89 bits per heavy atom. The Bertz CT molecular complexity index is 1590. The fourth-order valence-electron chi connectivity index (χ4n) is 3.87. The van der Waals surface area contributed by atoms with E-state index >= 15 is 0 Å². The van der Waals surface area contributed by atoms with Crippen molar-refractivity contribution in [3.8, 4) is 22.8 Å². The third kappa shape index (κ3) is 5.23. The number of ether oxygens (including phenoxy) is 2. The smallest absolute Gasteiger partial charge is 0.180 e. The molecule has 0 saturated carbocycles. The SMILES string of the molecule is COc1cc(OC)c(Cl)c(N(Cc2nccn2SN(C)C)c2ccc3ncc(-c4cnn(C)c4)nc3n2)c1. The summed E-state index contributed by atoms with van der Waals surface area (Å²) in [5, 5.41) is 4.66. The molecule has 4 aromatic heterocycles. The lowest BCUT2D eigenvalue weighted by atomic mass is 10.2. The number of imidazole rings is 1. The maximum atomic E-state index is 6.84. The summed E-state index contributed by atoms with van der Waals surface area (Å²) in [7, 11) is 8.97. The number of benzene rings is 1. The van der Waals surface area contributed by atoms with Gasteiger partial charge >= 0.3 is 0 Å². The minimum Gasteiger partial charge on any atom is -0.497 e. The van der Waals surface area contributed by atoms with Gasteiger partial charge in [-0.3, -0.25) is 13.6 Å². The Balaban J connectivity index is 1.65. The van der Waals surface area contributed by atoms with E-state index in [1.165, 1.54) is 12.1 Å². The van der Waals surface area contributed by atoms with Crippen LogP contribution in [-0.4, -0.2) is 66.3 Å². The number of aryl methyl sites for hydroxylation is 1. The summed E-state index contributed by atoms with van der Waals surface area (Å²) in [6, 6.07) is 7.36. The molecule has 4 heterocycles. The van der Waals surface area contributed by atoms with Crippen LogP contribution in [0.3, 0.4) is 0 Å². The molecule has 0 radical (unpaired) electrons. The first-order chi connectivity index (χ1) is 18.4. The van der Waals surface area contributed by atoms with Crippen LogP contribution in [-0.2, 0) is 13.6 Å². The van der Waals surface area contributed by atoms with Gasteiger partial charge in [0.2, 0.25) is 0 Å². The molecule has 5 rings (SSSR count). The predicted octanol–water partition coefficient (Wildman–Crippen LogP) is 4.60. The van der Waals surface area contributed by atoms with Crippen molar-refractivity contribution in [2.75, 3.05) is 33.2 Å². The van der Waals surface area contributed by atoms with Gasteiger partial charge < -0.3 is 14.4 Å². The lowest BCUT2D eigenvalue weighted by molar-refractivity contribution is 0.394. The van der Waals surface area contributed by atoms with Crippen molar-refractivity contribution in [3.05, 3.63) is 66.1 Å². The highest BCUT2D eigenvalue weighted by atomic mass is 35.5. The van der Waals surface area contributed by atoms with Crippen LogP contribution in [0.15, 0.2) is 55.2 Å². The predicted molar refractivity (Wildman–Crippen MR) is 149 cm³/mol. The summed E-state index contributed by atoms with van der Waals surface area (Å²) in [5.74, 6) is 2.48. The molecule has 0 amide bonds. The first-order valence-electron chi connectivity index (χ1n) is 11.6. The topological polar surface area (TPSA) is 99.2 Å². The third-order valence-corrected chi connectivity index (χ3v) is 6.85. The monoisotopic (exact) mass is 551 g/mol. The van der Waals surface area contributed by atoms with Crippen LogP contribution in [0.5, 0.6) is 11.5 Å².